The van der Waals surface area contributed by atoms with Crippen LogP contribution in [0.2, 0.25) is 0 Å². The lowest BCUT2D eigenvalue weighted by atomic mass is 9.85. The minimum absolute atomic E-state index is 0.205. The van der Waals surface area contributed by atoms with E-state index in [1.807, 2.05) is 0 Å². The van der Waals surface area contributed by atoms with Gasteiger partial charge in [-0.15, -0.1) is 0 Å². The van der Waals surface area contributed by atoms with Gasteiger partial charge in [-0.1, -0.05) is 53.0 Å². The maximum Gasteiger partial charge on any atom is 0.0978 e. The number of aliphatic hydroxyl groups excluding tert-OH is 2. The molecule has 0 amide bonds. The molecule has 0 unspecified atom stereocenters. The predicted octanol–water partition coefficient (Wildman–Crippen LogP) is 3.92. The van der Waals surface area contributed by atoms with Crippen molar-refractivity contribution < 1.29 is 10.2 Å². The molecule has 2 nitrogen and oxygen atoms in total. The van der Waals surface area contributed by atoms with Crippen LogP contribution in [0.25, 0.3) is 0 Å². The van der Waals surface area contributed by atoms with Gasteiger partial charge >= 0.3 is 0 Å². The number of aliphatic hydroxyl groups is 2. The first-order valence-electron chi connectivity index (χ1n) is 7.49. The predicted molar refractivity (Wildman–Crippen MR) is 78.6 cm³/mol. The Labute approximate surface area is 113 Å². The standard InChI is InChI=1S/C16H32O2/c1-5-6-7-10-15(13(2)3)11-8-9-14(4)16(18)12-17/h13,15-18H,4-12H2,1-3H3/t15-,16-/m0/s1. The van der Waals surface area contributed by atoms with E-state index < -0.39 is 6.10 Å². The first-order valence-corrected chi connectivity index (χ1v) is 7.49. The second-order valence-electron chi connectivity index (χ2n) is 5.75. The minimum Gasteiger partial charge on any atom is -0.393 e. The third-order valence-electron chi connectivity index (χ3n) is 3.84. The molecule has 108 valence electrons. The second-order valence-corrected chi connectivity index (χ2v) is 5.75. The van der Waals surface area contributed by atoms with Crippen molar-refractivity contribution in [3.05, 3.63) is 12.2 Å². The van der Waals surface area contributed by atoms with Crippen LogP contribution < -0.4 is 0 Å². The van der Waals surface area contributed by atoms with Gasteiger partial charge in [0.2, 0.25) is 0 Å². The monoisotopic (exact) mass is 256 g/mol. The molecule has 0 radical (unpaired) electrons. The van der Waals surface area contributed by atoms with Crippen molar-refractivity contribution in [2.24, 2.45) is 11.8 Å². The van der Waals surface area contributed by atoms with E-state index in [-0.39, 0.29) is 6.61 Å². The molecule has 0 aliphatic rings. The smallest absolute Gasteiger partial charge is 0.0978 e. The van der Waals surface area contributed by atoms with Gasteiger partial charge in [-0.05, 0) is 36.7 Å². The van der Waals surface area contributed by atoms with E-state index in [0.29, 0.717) is 0 Å². The van der Waals surface area contributed by atoms with Crippen molar-refractivity contribution in [2.45, 2.75) is 71.8 Å². The molecular weight excluding hydrogens is 224 g/mol. The van der Waals surface area contributed by atoms with E-state index in [1.54, 1.807) is 0 Å². The van der Waals surface area contributed by atoms with Gasteiger partial charge in [0, 0.05) is 0 Å². The fraction of sp³-hybridized carbons (Fsp3) is 0.875. The maximum atomic E-state index is 9.42. The van der Waals surface area contributed by atoms with Crippen molar-refractivity contribution in [3.63, 3.8) is 0 Å². The highest BCUT2D eigenvalue weighted by Gasteiger charge is 2.14. The van der Waals surface area contributed by atoms with Crippen LogP contribution in [-0.4, -0.2) is 22.9 Å². The Kier molecular flexibility index (Phi) is 10.4. The SMILES string of the molecule is C=C(CCC[C@H](CCCCC)C(C)C)[C@@H](O)CO. The maximum absolute atomic E-state index is 9.42. The van der Waals surface area contributed by atoms with Crippen molar-refractivity contribution in [1.82, 2.24) is 0 Å². The first kappa shape index (κ1) is 17.7. The largest absolute Gasteiger partial charge is 0.393 e. The Morgan fingerprint density at radius 2 is 1.72 bits per heavy atom. The number of rotatable bonds is 11. The quantitative estimate of drug-likeness (QED) is 0.434. The van der Waals surface area contributed by atoms with Crippen LogP contribution in [0.3, 0.4) is 0 Å². The average Bonchev–Trinajstić information content (AvgIpc) is 2.35. The minimum atomic E-state index is -0.734. The summed E-state index contributed by atoms with van der Waals surface area (Å²) in [5.41, 5.74) is 0.772. The molecule has 0 aromatic carbocycles. The van der Waals surface area contributed by atoms with Gasteiger partial charge in [0.1, 0.15) is 0 Å². The molecule has 0 spiro atoms. The molecule has 0 aliphatic heterocycles. The Morgan fingerprint density at radius 1 is 1.11 bits per heavy atom. The Bertz CT molecular complexity index is 211. The van der Waals surface area contributed by atoms with E-state index >= 15 is 0 Å². The van der Waals surface area contributed by atoms with Crippen LogP contribution in [0.4, 0.5) is 0 Å². The second kappa shape index (κ2) is 10.6. The highest BCUT2D eigenvalue weighted by Crippen LogP contribution is 2.25. The molecule has 0 saturated heterocycles. The highest BCUT2D eigenvalue weighted by atomic mass is 16.3. The van der Waals surface area contributed by atoms with E-state index in [9.17, 15) is 5.11 Å². The summed E-state index contributed by atoms with van der Waals surface area (Å²) in [5.74, 6) is 1.52. The van der Waals surface area contributed by atoms with Crippen LogP contribution in [-0.2, 0) is 0 Å². The summed E-state index contributed by atoms with van der Waals surface area (Å²) >= 11 is 0. The third kappa shape index (κ3) is 7.88. The van der Waals surface area contributed by atoms with Crippen LogP contribution in [0.1, 0.15) is 65.7 Å². The lowest BCUT2D eigenvalue weighted by Gasteiger charge is -2.21. The van der Waals surface area contributed by atoms with E-state index in [4.69, 9.17) is 5.11 Å². The molecule has 0 bridgehead atoms. The summed E-state index contributed by atoms with van der Waals surface area (Å²) in [4.78, 5) is 0. The third-order valence-corrected chi connectivity index (χ3v) is 3.84. The molecule has 0 heterocycles. The molecule has 2 heteroatoms. The van der Waals surface area contributed by atoms with Gasteiger partial charge in [0.05, 0.1) is 12.7 Å². The van der Waals surface area contributed by atoms with Crippen LogP contribution >= 0.6 is 0 Å². The van der Waals surface area contributed by atoms with Crippen molar-refractivity contribution in [1.29, 1.82) is 0 Å². The van der Waals surface area contributed by atoms with E-state index in [1.165, 1.54) is 32.1 Å². The highest BCUT2D eigenvalue weighted by molar-refractivity contribution is 5.01. The van der Waals surface area contributed by atoms with Crippen LogP contribution in [0.5, 0.6) is 0 Å². The molecule has 0 saturated carbocycles. The first-order chi connectivity index (χ1) is 8.52. The van der Waals surface area contributed by atoms with Gasteiger partial charge in [0.15, 0.2) is 0 Å². The summed E-state index contributed by atoms with van der Waals surface area (Å²) in [6, 6.07) is 0. The molecular formula is C16H32O2. The van der Waals surface area contributed by atoms with Crippen molar-refractivity contribution in [2.75, 3.05) is 6.61 Å². The number of unbranched alkanes of at least 4 members (excludes halogenated alkanes) is 2. The lowest BCUT2D eigenvalue weighted by molar-refractivity contribution is 0.119. The molecule has 2 N–H and O–H groups in total. The normalized spacial score (nSPS) is 14.8. The van der Waals surface area contributed by atoms with Crippen LogP contribution in [0, 0.1) is 11.8 Å². The fourth-order valence-electron chi connectivity index (χ4n) is 2.35. The number of hydrogen-bond donors (Lipinski definition) is 2. The Hall–Kier alpha value is -0.340. The molecule has 0 aromatic rings. The average molecular weight is 256 g/mol. The molecule has 2 atom stereocenters. The summed E-state index contributed by atoms with van der Waals surface area (Å²) < 4.78 is 0. The van der Waals surface area contributed by atoms with Gasteiger partial charge in [-0.25, -0.2) is 0 Å². The topological polar surface area (TPSA) is 40.5 Å². The Balaban J connectivity index is 3.86. The van der Waals surface area contributed by atoms with Gasteiger partial charge in [-0.2, -0.15) is 0 Å². The molecule has 0 aromatic heterocycles. The van der Waals surface area contributed by atoms with Crippen LogP contribution in [0.15, 0.2) is 12.2 Å². The fourth-order valence-corrected chi connectivity index (χ4v) is 2.35. The van der Waals surface area contributed by atoms with Gasteiger partial charge in [0.25, 0.3) is 0 Å². The van der Waals surface area contributed by atoms with Gasteiger partial charge in [-0.3, -0.25) is 0 Å². The van der Waals surface area contributed by atoms with Crippen molar-refractivity contribution in [3.8, 4) is 0 Å². The zero-order valence-corrected chi connectivity index (χ0v) is 12.5. The van der Waals surface area contributed by atoms with E-state index in [0.717, 1.165) is 30.3 Å². The summed E-state index contributed by atoms with van der Waals surface area (Å²) in [6.07, 6.45) is 7.65. The molecule has 0 fully saturated rings. The molecule has 0 aliphatic carbocycles. The van der Waals surface area contributed by atoms with Gasteiger partial charge < -0.3 is 10.2 Å². The zero-order valence-electron chi connectivity index (χ0n) is 12.5. The Morgan fingerprint density at radius 3 is 2.22 bits per heavy atom. The summed E-state index contributed by atoms with van der Waals surface area (Å²) in [7, 11) is 0. The van der Waals surface area contributed by atoms with Crippen molar-refractivity contribution >= 4 is 0 Å². The number of hydrogen-bond acceptors (Lipinski definition) is 2. The zero-order chi connectivity index (χ0) is 14.0. The molecule has 0 rings (SSSR count). The summed E-state index contributed by atoms with van der Waals surface area (Å²) in [5, 5.41) is 18.3. The lowest BCUT2D eigenvalue weighted by Crippen LogP contribution is -2.15. The van der Waals surface area contributed by atoms with E-state index in [2.05, 4.69) is 27.4 Å². The summed E-state index contributed by atoms with van der Waals surface area (Å²) in [6.45, 7) is 10.5. The molecule has 18 heavy (non-hydrogen) atoms.